The van der Waals surface area contributed by atoms with Crippen LogP contribution < -0.4 is 11.3 Å². The minimum absolute atomic E-state index is 0.333. The van der Waals surface area contributed by atoms with Crippen LogP contribution in [0.25, 0.3) is 0 Å². The van der Waals surface area contributed by atoms with E-state index < -0.39 is 0 Å². The summed E-state index contributed by atoms with van der Waals surface area (Å²) in [4.78, 5) is 0. The Morgan fingerprint density at radius 1 is 1.33 bits per heavy atom. The van der Waals surface area contributed by atoms with Crippen molar-refractivity contribution in [3.8, 4) is 0 Å². The maximum absolute atomic E-state index is 5.65. The lowest BCUT2D eigenvalue weighted by Crippen LogP contribution is -2.30. The Labute approximate surface area is 91.8 Å². The van der Waals surface area contributed by atoms with Crippen LogP contribution in [-0.4, -0.2) is 0 Å². The molecule has 3 unspecified atom stereocenters. The van der Waals surface area contributed by atoms with Crippen LogP contribution in [0.3, 0.4) is 0 Å². The zero-order valence-corrected chi connectivity index (χ0v) is 9.75. The minimum Gasteiger partial charge on any atom is -0.271 e. The van der Waals surface area contributed by atoms with E-state index in [1.807, 2.05) is 0 Å². The second kappa shape index (κ2) is 3.95. The molecule has 2 rings (SSSR count). The zero-order valence-electron chi connectivity index (χ0n) is 9.75. The van der Waals surface area contributed by atoms with Gasteiger partial charge in [0.25, 0.3) is 0 Å². The van der Waals surface area contributed by atoms with Crippen molar-refractivity contribution in [3.05, 3.63) is 34.9 Å². The average Bonchev–Trinajstić information content (AvgIpc) is 2.90. The molecule has 1 aliphatic carbocycles. The summed E-state index contributed by atoms with van der Waals surface area (Å²) in [5.74, 6) is 7.18. The third kappa shape index (κ3) is 2.06. The normalized spacial score (nSPS) is 26.4. The molecule has 15 heavy (non-hydrogen) atoms. The summed E-state index contributed by atoms with van der Waals surface area (Å²) in [5.41, 5.74) is 6.98. The first-order valence-corrected chi connectivity index (χ1v) is 5.66. The number of rotatable bonds is 3. The summed E-state index contributed by atoms with van der Waals surface area (Å²) in [7, 11) is 0. The molecule has 1 aromatic carbocycles. The van der Waals surface area contributed by atoms with E-state index in [1.54, 1.807) is 0 Å². The van der Waals surface area contributed by atoms with Gasteiger partial charge in [0.1, 0.15) is 0 Å². The van der Waals surface area contributed by atoms with E-state index in [1.165, 1.54) is 23.1 Å². The molecule has 2 heteroatoms. The van der Waals surface area contributed by atoms with Gasteiger partial charge in [0.15, 0.2) is 0 Å². The van der Waals surface area contributed by atoms with E-state index in [4.69, 9.17) is 5.84 Å². The molecule has 2 nitrogen and oxygen atoms in total. The summed E-state index contributed by atoms with van der Waals surface area (Å²) in [6, 6.07) is 6.96. The van der Waals surface area contributed by atoms with E-state index in [-0.39, 0.29) is 0 Å². The molecule has 3 atom stereocenters. The molecule has 3 N–H and O–H groups in total. The second-order valence-corrected chi connectivity index (χ2v) is 4.86. The highest BCUT2D eigenvalue weighted by Gasteiger charge is 2.39. The molecule has 1 aromatic rings. The van der Waals surface area contributed by atoms with Gasteiger partial charge in [0, 0.05) is 6.04 Å². The Balaban J connectivity index is 2.23. The molecule has 0 heterocycles. The lowest BCUT2D eigenvalue weighted by Gasteiger charge is -2.17. The van der Waals surface area contributed by atoms with Crippen LogP contribution in [0, 0.1) is 25.7 Å². The predicted octanol–water partition coefficient (Wildman–Crippen LogP) is 2.46. The zero-order chi connectivity index (χ0) is 11.0. The van der Waals surface area contributed by atoms with Gasteiger partial charge in [-0.25, -0.2) is 0 Å². The van der Waals surface area contributed by atoms with Gasteiger partial charge in [-0.1, -0.05) is 25.1 Å². The fraction of sp³-hybridized carbons (Fsp3) is 0.538. The number of nitrogens with two attached hydrogens (primary N) is 1. The fourth-order valence-electron chi connectivity index (χ4n) is 2.24. The van der Waals surface area contributed by atoms with Gasteiger partial charge in [0.05, 0.1) is 0 Å². The quantitative estimate of drug-likeness (QED) is 0.586. The maximum atomic E-state index is 5.65. The van der Waals surface area contributed by atoms with Gasteiger partial charge < -0.3 is 0 Å². The molecule has 1 saturated carbocycles. The van der Waals surface area contributed by atoms with Crippen molar-refractivity contribution in [2.24, 2.45) is 17.7 Å². The van der Waals surface area contributed by atoms with Gasteiger partial charge in [0.2, 0.25) is 0 Å². The lowest BCUT2D eigenvalue weighted by atomic mass is 9.98. The van der Waals surface area contributed by atoms with Crippen LogP contribution >= 0.6 is 0 Å². The Morgan fingerprint density at radius 3 is 2.47 bits per heavy atom. The number of hydrogen-bond donors (Lipinski definition) is 2. The molecule has 0 radical (unpaired) electrons. The number of nitrogens with one attached hydrogen (secondary N) is 1. The topological polar surface area (TPSA) is 38.0 Å². The molecule has 0 saturated heterocycles. The monoisotopic (exact) mass is 204 g/mol. The standard InChI is InChI=1S/C13H20N2/c1-8-4-5-11(6-9(8)2)13(15-14)12-7-10(12)3/h4-6,10,12-13,15H,7,14H2,1-3H3. The van der Waals surface area contributed by atoms with Gasteiger partial charge in [-0.3, -0.25) is 11.3 Å². The Bertz CT molecular complexity index is 360. The summed E-state index contributed by atoms with van der Waals surface area (Å²) in [5, 5.41) is 0. The van der Waals surface area contributed by atoms with Crippen molar-refractivity contribution in [2.45, 2.75) is 33.2 Å². The number of hydrazine groups is 1. The van der Waals surface area contributed by atoms with Crippen molar-refractivity contribution in [3.63, 3.8) is 0 Å². The lowest BCUT2D eigenvalue weighted by molar-refractivity contribution is 0.475. The highest BCUT2D eigenvalue weighted by atomic mass is 15.2. The predicted molar refractivity (Wildman–Crippen MR) is 63.3 cm³/mol. The van der Waals surface area contributed by atoms with Crippen molar-refractivity contribution in [1.29, 1.82) is 0 Å². The molecule has 1 aliphatic rings. The SMILES string of the molecule is Cc1ccc(C(NN)C2CC2C)cc1C. The molecular formula is C13H20N2. The third-order valence-electron chi connectivity index (χ3n) is 3.67. The first-order valence-electron chi connectivity index (χ1n) is 5.66. The first-order chi connectivity index (χ1) is 7.13. The second-order valence-electron chi connectivity index (χ2n) is 4.86. The van der Waals surface area contributed by atoms with Gasteiger partial charge >= 0.3 is 0 Å². The van der Waals surface area contributed by atoms with Crippen LogP contribution in [0.5, 0.6) is 0 Å². The van der Waals surface area contributed by atoms with Crippen LogP contribution in [0.4, 0.5) is 0 Å². The van der Waals surface area contributed by atoms with E-state index in [0.717, 1.165) is 11.8 Å². The van der Waals surface area contributed by atoms with Crippen molar-refractivity contribution in [2.75, 3.05) is 0 Å². The molecular weight excluding hydrogens is 184 g/mol. The van der Waals surface area contributed by atoms with Crippen molar-refractivity contribution >= 4 is 0 Å². The van der Waals surface area contributed by atoms with Crippen LogP contribution in [0.15, 0.2) is 18.2 Å². The van der Waals surface area contributed by atoms with Crippen LogP contribution in [0.2, 0.25) is 0 Å². The molecule has 82 valence electrons. The molecule has 0 aromatic heterocycles. The summed E-state index contributed by atoms with van der Waals surface area (Å²) in [6.45, 7) is 6.59. The van der Waals surface area contributed by atoms with E-state index in [9.17, 15) is 0 Å². The third-order valence-corrected chi connectivity index (χ3v) is 3.67. The highest BCUT2D eigenvalue weighted by Crippen LogP contribution is 2.46. The van der Waals surface area contributed by atoms with Crippen LogP contribution in [-0.2, 0) is 0 Å². The smallest absolute Gasteiger partial charge is 0.0490 e. The van der Waals surface area contributed by atoms with Gasteiger partial charge in [-0.2, -0.15) is 0 Å². The average molecular weight is 204 g/mol. The van der Waals surface area contributed by atoms with Crippen LogP contribution in [0.1, 0.15) is 36.1 Å². The maximum Gasteiger partial charge on any atom is 0.0490 e. The van der Waals surface area contributed by atoms with Crippen molar-refractivity contribution < 1.29 is 0 Å². The first kappa shape index (κ1) is 10.7. The van der Waals surface area contributed by atoms with E-state index in [0.29, 0.717) is 6.04 Å². The highest BCUT2D eigenvalue weighted by molar-refractivity contribution is 5.32. The number of benzene rings is 1. The molecule has 1 fully saturated rings. The van der Waals surface area contributed by atoms with Crippen molar-refractivity contribution in [1.82, 2.24) is 5.43 Å². The minimum atomic E-state index is 0.333. The van der Waals surface area contributed by atoms with Gasteiger partial charge in [-0.15, -0.1) is 0 Å². The molecule has 0 amide bonds. The summed E-state index contributed by atoms with van der Waals surface area (Å²) < 4.78 is 0. The number of hydrogen-bond acceptors (Lipinski definition) is 2. The summed E-state index contributed by atoms with van der Waals surface area (Å²) in [6.07, 6.45) is 1.29. The summed E-state index contributed by atoms with van der Waals surface area (Å²) >= 11 is 0. The van der Waals surface area contributed by atoms with Gasteiger partial charge in [-0.05, 0) is 48.8 Å². The Morgan fingerprint density at radius 2 is 2.00 bits per heavy atom. The number of aryl methyl sites for hydroxylation is 2. The Hall–Kier alpha value is -0.860. The van der Waals surface area contributed by atoms with E-state index in [2.05, 4.69) is 44.4 Å². The molecule has 0 spiro atoms. The Kier molecular flexibility index (Phi) is 2.81. The van der Waals surface area contributed by atoms with E-state index >= 15 is 0 Å². The largest absolute Gasteiger partial charge is 0.271 e. The molecule has 0 aliphatic heterocycles. The fourth-order valence-corrected chi connectivity index (χ4v) is 2.24. The molecule has 0 bridgehead atoms.